The van der Waals surface area contributed by atoms with Crippen molar-refractivity contribution >= 4 is 27.6 Å². The van der Waals surface area contributed by atoms with Crippen LogP contribution in [0, 0.1) is 6.92 Å². The van der Waals surface area contributed by atoms with E-state index in [1.807, 2.05) is 13.8 Å². The van der Waals surface area contributed by atoms with Gasteiger partial charge in [-0.25, -0.2) is 13.4 Å². The second-order valence-corrected chi connectivity index (χ2v) is 9.42. The van der Waals surface area contributed by atoms with Crippen LogP contribution in [-0.4, -0.2) is 76.8 Å². The van der Waals surface area contributed by atoms with Gasteiger partial charge in [0.2, 0.25) is 10.0 Å². The van der Waals surface area contributed by atoms with Crippen LogP contribution in [0.2, 0.25) is 0 Å². The summed E-state index contributed by atoms with van der Waals surface area (Å²) in [5.74, 6) is 1.24. The van der Waals surface area contributed by atoms with Gasteiger partial charge >= 0.3 is 5.97 Å². The Hall–Kier alpha value is -2.27. The molecule has 3 rings (SSSR count). The number of aromatic nitrogens is 4. The van der Waals surface area contributed by atoms with Crippen molar-refractivity contribution in [3.8, 4) is 0 Å². The largest absolute Gasteiger partial charge is 0.466 e. The number of nitrogens with zero attached hydrogens (tertiary/aromatic N) is 6. The fourth-order valence-corrected chi connectivity index (χ4v) is 5.31. The Bertz CT molecular complexity index is 982. The third kappa shape index (κ3) is 4.89. The van der Waals surface area contributed by atoms with Crippen molar-refractivity contribution in [3.05, 3.63) is 17.6 Å². The molecule has 30 heavy (non-hydrogen) atoms. The van der Waals surface area contributed by atoms with Gasteiger partial charge < -0.3 is 9.64 Å². The Balaban J connectivity index is 1.84. The van der Waals surface area contributed by atoms with Crippen molar-refractivity contribution in [2.24, 2.45) is 0 Å². The lowest BCUT2D eigenvalue weighted by Crippen LogP contribution is -2.50. The Morgan fingerprint density at radius 1 is 1.20 bits per heavy atom. The van der Waals surface area contributed by atoms with Gasteiger partial charge in [0.1, 0.15) is 12.1 Å². The molecular weight excluding hydrogens is 408 g/mol. The number of rotatable bonds is 9. The number of fused-ring (bicyclic) bond motifs is 1. The zero-order chi connectivity index (χ0) is 21.7. The maximum Gasteiger partial charge on any atom is 0.306 e. The molecule has 0 spiro atoms. The monoisotopic (exact) mass is 438 g/mol. The summed E-state index contributed by atoms with van der Waals surface area (Å²) in [7, 11) is -3.23. The van der Waals surface area contributed by atoms with Crippen LogP contribution in [0.1, 0.15) is 44.4 Å². The average molecular weight is 439 g/mol. The molecule has 0 aliphatic carbocycles. The number of ether oxygens (including phenoxy) is 1. The number of anilines is 1. The number of carbonyl (C=O) groups is 1. The minimum Gasteiger partial charge on any atom is -0.466 e. The summed E-state index contributed by atoms with van der Waals surface area (Å²) < 4.78 is 33.4. The molecule has 0 unspecified atom stereocenters. The molecule has 10 nitrogen and oxygen atoms in total. The van der Waals surface area contributed by atoms with E-state index >= 15 is 0 Å². The molecule has 2 aromatic rings. The Morgan fingerprint density at radius 3 is 2.60 bits per heavy atom. The molecule has 1 aliphatic heterocycles. The highest BCUT2D eigenvalue weighted by Gasteiger charge is 2.29. The van der Waals surface area contributed by atoms with Crippen LogP contribution in [0.5, 0.6) is 0 Å². The van der Waals surface area contributed by atoms with Crippen molar-refractivity contribution < 1.29 is 17.9 Å². The smallest absolute Gasteiger partial charge is 0.306 e. The molecule has 3 heterocycles. The van der Waals surface area contributed by atoms with Gasteiger partial charge in [-0.1, -0.05) is 13.3 Å². The maximum absolute atomic E-state index is 12.5. The topological polar surface area (TPSA) is 110 Å². The van der Waals surface area contributed by atoms with Crippen molar-refractivity contribution in [1.29, 1.82) is 0 Å². The molecule has 0 N–H and O–H groups in total. The SMILES string of the molecule is CCCCS(=O)(=O)N1CCN(c2c(CCC(=O)OCC)c(C)nc3ncnn23)CC1. The van der Waals surface area contributed by atoms with Gasteiger partial charge in [0, 0.05) is 43.9 Å². The van der Waals surface area contributed by atoms with Gasteiger partial charge in [0.25, 0.3) is 5.78 Å². The van der Waals surface area contributed by atoms with Crippen molar-refractivity contribution in [2.45, 2.75) is 46.5 Å². The van der Waals surface area contributed by atoms with Gasteiger partial charge in [-0.3, -0.25) is 4.79 Å². The van der Waals surface area contributed by atoms with Crippen molar-refractivity contribution in [3.63, 3.8) is 0 Å². The third-order valence-corrected chi connectivity index (χ3v) is 7.23. The van der Waals surface area contributed by atoms with E-state index < -0.39 is 10.0 Å². The summed E-state index contributed by atoms with van der Waals surface area (Å²) in [6.45, 7) is 7.92. The number of carbonyl (C=O) groups excluding carboxylic acids is 1. The highest BCUT2D eigenvalue weighted by Crippen LogP contribution is 2.26. The summed E-state index contributed by atoms with van der Waals surface area (Å²) in [5.41, 5.74) is 1.69. The number of sulfonamides is 1. The van der Waals surface area contributed by atoms with E-state index in [-0.39, 0.29) is 18.1 Å². The Kier molecular flexibility index (Phi) is 7.24. The molecule has 0 bridgehead atoms. The molecule has 1 aliphatic rings. The summed E-state index contributed by atoms with van der Waals surface area (Å²) in [6.07, 6.45) is 3.69. The first kappa shape index (κ1) is 22.4. The number of hydrogen-bond acceptors (Lipinski definition) is 8. The van der Waals surface area contributed by atoms with Gasteiger partial charge in [-0.15, -0.1) is 0 Å². The fraction of sp³-hybridized carbons (Fsp3) is 0.684. The molecule has 0 radical (unpaired) electrons. The van der Waals surface area contributed by atoms with Crippen LogP contribution in [0.15, 0.2) is 6.33 Å². The molecule has 1 saturated heterocycles. The van der Waals surface area contributed by atoms with Gasteiger partial charge in [-0.05, 0) is 26.7 Å². The van der Waals surface area contributed by atoms with E-state index in [1.165, 1.54) is 6.33 Å². The molecule has 0 atom stereocenters. The van der Waals surface area contributed by atoms with E-state index in [9.17, 15) is 13.2 Å². The van der Waals surface area contributed by atoms with Crippen LogP contribution < -0.4 is 4.90 Å². The maximum atomic E-state index is 12.5. The number of esters is 1. The lowest BCUT2D eigenvalue weighted by Gasteiger charge is -2.36. The molecular formula is C19H30N6O4S. The number of aryl methyl sites for hydroxylation is 1. The number of hydrogen-bond donors (Lipinski definition) is 0. The standard InChI is InChI=1S/C19H30N6O4S/c1-4-6-13-30(27,28)24-11-9-23(10-12-24)18-16(7-8-17(26)29-5-2)15(3)22-19-20-14-21-25(18)19/h14H,4-13H2,1-3H3. The second kappa shape index (κ2) is 9.69. The van der Waals surface area contributed by atoms with E-state index in [0.717, 1.165) is 23.5 Å². The zero-order valence-corrected chi connectivity index (χ0v) is 18.7. The van der Waals surface area contributed by atoms with Crippen LogP contribution >= 0.6 is 0 Å². The minimum absolute atomic E-state index is 0.190. The van der Waals surface area contributed by atoms with E-state index in [2.05, 4.69) is 20.0 Å². The normalized spacial score (nSPS) is 15.6. The van der Waals surface area contributed by atoms with Gasteiger partial charge in [0.05, 0.1) is 12.4 Å². The van der Waals surface area contributed by atoms with Gasteiger partial charge in [0.15, 0.2) is 0 Å². The molecule has 11 heteroatoms. The van der Waals surface area contributed by atoms with Crippen LogP contribution in [-0.2, 0) is 26.0 Å². The summed E-state index contributed by atoms with van der Waals surface area (Å²) in [5, 5.41) is 4.32. The first-order valence-corrected chi connectivity index (χ1v) is 12.1. The predicted molar refractivity (Wildman–Crippen MR) is 113 cm³/mol. The highest BCUT2D eigenvalue weighted by molar-refractivity contribution is 7.89. The second-order valence-electron chi connectivity index (χ2n) is 7.33. The van der Waals surface area contributed by atoms with Crippen LogP contribution in [0.25, 0.3) is 5.78 Å². The Labute approximate surface area is 177 Å². The van der Waals surface area contributed by atoms with Gasteiger partial charge in [-0.2, -0.15) is 18.9 Å². The van der Waals surface area contributed by atoms with E-state index in [0.29, 0.717) is 51.4 Å². The summed E-state index contributed by atoms with van der Waals surface area (Å²) in [4.78, 5) is 22.7. The van der Waals surface area contributed by atoms with Crippen LogP contribution in [0.3, 0.4) is 0 Å². The molecule has 0 saturated carbocycles. The predicted octanol–water partition coefficient (Wildman–Crippen LogP) is 1.18. The molecule has 1 fully saturated rings. The lowest BCUT2D eigenvalue weighted by molar-refractivity contribution is -0.143. The van der Waals surface area contributed by atoms with E-state index in [1.54, 1.807) is 15.7 Å². The average Bonchev–Trinajstić information content (AvgIpc) is 3.18. The lowest BCUT2D eigenvalue weighted by atomic mass is 10.1. The van der Waals surface area contributed by atoms with Crippen LogP contribution in [0.4, 0.5) is 5.82 Å². The highest BCUT2D eigenvalue weighted by atomic mass is 32.2. The molecule has 0 amide bonds. The zero-order valence-electron chi connectivity index (χ0n) is 17.9. The Morgan fingerprint density at radius 2 is 1.93 bits per heavy atom. The summed E-state index contributed by atoms with van der Waals surface area (Å²) in [6, 6.07) is 0. The first-order valence-electron chi connectivity index (χ1n) is 10.4. The molecule has 0 aromatic carbocycles. The van der Waals surface area contributed by atoms with Crippen molar-refractivity contribution in [1.82, 2.24) is 23.9 Å². The first-order chi connectivity index (χ1) is 14.4. The third-order valence-electron chi connectivity index (χ3n) is 5.28. The summed E-state index contributed by atoms with van der Waals surface area (Å²) >= 11 is 0. The van der Waals surface area contributed by atoms with Crippen molar-refractivity contribution in [2.75, 3.05) is 43.4 Å². The number of piperazine rings is 1. The molecule has 2 aromatic heterocycles. The number of unbranched alkanes of at least 4 members (excludes halogenated alkanes) is 1. The quantitative estimate of drug-likeness (QED) is 0.537. The molecule has 166 valence electrons. The minimum atomic E-state index is -3.23. The fourth-order valence-electron chi connectivity index (χ4n) is 3.68. The van der Waals surface area contributed by atoms with E-state index in [4.69, 9.17) is 4.74 Å².